The van der Waals surface area contributed by atoms with Gasteiger partial charge in [0.05, 0.1) is 0 Å². The van der Waals surface area contributed by atoms with Crippen molar-refractivity contribution in [3.8, 4) is 0 Å². The fourth-order valence-electron chi connectivity index (χ4n) is 1.97. The van der Waals surface area contributed by atoms with E-state index in [0.717, 1.165) is 23.1 Å². The van der Waals surface area contributed by atoms with Crippen molar-refractivity contribution in [2.24, 2.45) is 11.7 Å². The maximum atomic E-state index is 13.9. The van der Waals surface area contributed by atoms with Gasteiger partial charge in [0.15, 0.2) is 0 Å². The van der Waals surface area contributed by atoms with Gasteiger partial charge in [-0.1, -0.05) is 19.9 Å². The number of benzene rings is 1. The van der Waals surface area contributed by atoms with Crippen LogP contribution in [0, 0.1) is 25.6 Å². The Bertz CT molecular complexity index is 360. The Labute approximate surface area is 97.9 Å². The maximum absolute atomic E-state index is 13.9. The Morgan fingerprint density at radius 1 is 1.19 bits per heavy atom. The summed E-state index contributed by atoms with van der Waals surface area (Å²) in [6.45, 7) is 8.84. The van der Waals surface area contributed by atoms with E-state index in [1.807, 2.05) is 19.9 Å². The van der Waals surface area contributed by atoms with Crippen molar-refractivity contribution >= 4 is 0 Å². The maximum Gasteiger partial charge on any atom is 0.126 e. The van der Waals surface area contributed by atoms with Crippen molar-refractivity contribution in [1.29, 1.82) is 0 Å². The molecule has 0 amide bonds. The molecule has 0 saturated carbocycles. The minimum atomic E-state index is -0.0838. The van der Waals surface area contributed by atoms with Crippen LogP contribution in [0.2, 0.25) is 0 Å². The van der Waals surface area contributed by atoms with Crippen LogP contribution in [0.1, 0.15) is 42.9 Å². The lowest BCUT2D eigenvalue weighted by atomic mass is 9.85. The van der Waals surface area contributed by atoms with Crippen molar-refractivity contribution in [2.75, 3.05) is 6.54 Å². The molecule has 0 spiro atoms. The molecule has 0 aliphatic rings. The van der Waals surface area contributed by atoms with Gasteiger partial charge < -0.3 is 5.73 Å². The monoisotopic (exact) mass is 223 g/mol. The first-order chi connectivity index (χ1) is 7.47. The van der Waals surface area contributed by atoms with E-state index in [1.54, 1.807) is 6.07 Å². The molecule has 0 radical (unpaired) electrons. The Hall–Kier alpha value is -0.890. The second-order valence-electron chi connectivity index (χ2n) is 4.80. The average Bonchev–Trinajstić information content (AvgIpc) is 2.23. The zero-order valence-corrected chi connectivity index (χ0v) is 10.7. The quantitative estimate of drug-likeness (QED) is 0.830. The number of halogens is 1. The van der Waals surface area contributed by atoms with E-state index in [2.05, 4.69) is 13.8 Å². The molecule has 0 heterocycles. The van der Waals surface area contributed by atoms with Crippen LogP contribution in [0.25, 0.3) is 0 Å². The largest absolute Gasteiger partial charge is 0.330 e. The molecule has 2 N–H and O–H groups in total. The molecular weight excluding hydrogens is 201 g/mol. The zero-order chi connectivity index (χ0) is 12.3. The number of hydrogen-bond acceptors (Lipinski definition) is 1. The number of aryl methyl sites for hydroxylation is 2. The zero-order valence-electron chi connectivity index (χ0n) is 10.7. The van der Waals surface area contributed by atoms with E-state index >= 15 is 0 Å². The van der Waals surface area contributed by atoms with Gasteiger partial charge in [-0.05, 0) is 61.4 Å². The third kappa shape index (κ3) is 2.82. The van der Waals surface area contributed by atoms with Crippen LogP contribution in [-0.4, -0.2) is 6.54 Å². The van der Waals surface area contributed by atoms with Crippen molar-refractivity contribution in [3.63, 3.8) is 0 Å². The number of rotatable bonds is 4. The van der Waals surface area contributed by atoms with Gasteiger partial charge in [0.2, 0.25) is 0 Å². The molecule has 0 fully saturated rings. The lowest BCUT2D eigenvalue weighted by Gasteiger charge is -2.21. The molecule has 1 aromatic rings. The van der Waals surface area contributed by atoms with Crippen molar-refractivity contribution < 1.29 is 4.39 Å². The molecule has 16 heavy (non-hydrogen) atoms. The van der Waals surface area contributed by atoms with Crippen LogP contribution in [0.4, 0.5) is 4.39 Å². The SMILES string of the molecule is Cc1cc(F)c(C(C)C(C)CCN)cc1C. The molecule has 1 nitrogen and oxygen atoms in total. The summed E-state index contributed by atoms with van der Waals surface area (Å²) in [6.07, 6.45) is 0.938. The average molecular weight is 223 g/mol. The normalized spacial score (nSPS) is 14.9. The van der Waals surface area contributed by atoms with Gasteiger partial charge >= 0.3 is 0 Å². The van der Waals surface area contributed by atoms with Crippen LogP contribution in [-0.2, 0) is 0 Å². The molecule has 0 aliphatic carbocycles. The minimum Gasteiger partial charge on any atom is -0.330 e. The lowest BCUT2D eigenvalue weighted by molar-refractivity contribution is 0.443. The van der Waals surface area contributed by atoms with Gasteiger partial charge in [-0.25, -0.2) is 4.39 Å². The van der Waals surface area contributed by atoms with Crippen molar-refractivity contribution in [2.45, 2.75) is 40.0 Å². The summed E-state index contributed by atoms with van der Waals surface area (Å²) >= 11 is 0. The first-order valence-electron chi connectivity index (χ1n) is 5.94. The predicted molar refractivity (Wildman–Crippen MR) is 67.1 cm³/mol. The molecule has 1 aromatic carbocycles. The Kier molecular flexibility index (Phi) is 4.48. The van der Waals surface area contributed by atoms with Crippen molar-refractivity contribution in [1.82, 2.24) is 0 Å². The third-order valence-corrected chi connectivity index (χ3v) is 3.58. The van der Waals surface area contributed by atoms with E-state index < -0.39 is 0 Å². The lowest BCUT2D eigenvalue weighted by Crippen LogP contribution is -2.13. The van der Waals surface area contributed by atoms with Gasteiger partial charge in [-0.15, -0.1) is 0 Å². The molecule has 2 atom stereocenters. The molecule has 0 bridgehead atoms. The molecule has 1 rings (SSSR count). The van der Waals surface area contributed by atoms with Gasteiger partial charge in [0, 0.05) is 0 Å². The fourth-order valence-corrected chi connectivity index (χ4v) is 1.97. The number of hydrogen-bond donors (Lipinski definition) is 1. The van der Waals surface area contributed by atoms with Crippen LogP contribution in [0.3, 0.4) is 0 Å². The molecule has 90 valence electrons. The number of nitrogens with two attached hydrogens (primary N) is 1. The summed E-state index contributed by atoms with van der Waals surface area (Å²) in [5, 5.41) is 0. The smallest absolute Gasteiger partial charge is 0.126 e. The van der Waals surface area contributed by atoms with E-state index in [9.17, 15) is 4.39 Å². The highest BCUT2D eigenvalue weighted by atomic mass is 19.1. The summed E-state index contributed by atoms with van der Waals surface area (Å²) in [5.41, 5.74) is 8.54. The third-order valence-electron chi connectivity index (χ3n) is 3.58. The highest BCUT2D eigenvalue weighted by Crippen LogP contribution is 2.29. The summed E-state index contributed by atoms with van der Waals surface area (Å²) in [7, 11) is 0. The molecular formula is C14H22FN. The van der Waals surface area contributed by atoms with Crippen molar-refractivity contribution in [3.05, 3.63) is 34.6 Å². The van der Waals surface area contributed by atoms with E-state index in [4.69, 9.17) is 5.73 Å². The van der Waals surface area contributed by atoms with E-state index in [1.165, 1.54) is 0 Å². The van der Waals surface area contributed by atoms with E-state index in [-0.39, 0.29) is 11.7 Å². The second kappa shape index (κ2) is 5.44. The van der Waals surface area contributed by atoms with Crippen LogP contribution >= 0.6 is 0 Å². The van der Waals surface area contributed by atoms with Gasteiger partial charge in [-0.3, -0.25) is 0 Å². The second-order valence-corrected chi connectivity index (χ2v) is 4.80. The van der Waals surface area contributed by atoms with Crippen LogP contribution in [0.15, 0.2) is 12.1 Å². The molecule has 2 heteroatoms. The van der Waals surface area contributed by atoms with Gasteiger partial charge in [0.25, 0.3) is 0 Å². The Morgan fingerprint density at radius 3 is 2.31 bits per heavy atom. The topological polar surface area (TPSA) is 26.0 Å². The molecule has 0 saturated heterocycles. The fraction of sp³-hybridized carbons (Fsp3) is 0.571. The minimum absolute atomic E-state index is 0.0838. The Morgan fingerprint density at radius 2 is 1.75 bits per heavy atom. The Balaban J connectivity index is 2.99. The first-order valence-corrected chi connectivity index (χ1v) is 5.94. The highest BCUT2D eigenvalue weighted by molar-refractivity contribution is 5.33. The van der Waals surface area contributed by atoms with Crippen LogP contribution in [0.5, 0.6) is 0 Å². The summed E-state index contributed by atoms with van der Waals surface area (Å²) in [5.74, 6) is 0.559. The molecule has 0 aromatic heterocycles. The first kappa shape index (κ1) is 13.2. The van der Waals surface area contributed by atoms with Gasteiger partial charge in [-0.2, -0.15) is 0 Å². The molecule has 2 unspecified atom stereocenters. The highest BCUT2D eigenvalue weighted by Gasteiger charge is 2.18. The summed E-state index contributed by atoms with van der Waals surface area (Å²) < 4.78 is 13.9. The van der Waals surface area contributed by atoms with E-state index in [0.29, 0.717) is 12.5 Å². The predicted octanol–water partition coefficient (Wildman–Crippen LogP) is 3.53. The van der Waals surface area contributed by atoms with Crippen LogP contribution < -0.4 is 5.73 Å². The summed E-state index contributed by atoms with van der Waals surface area (Å²) in [4.78, 5) is 0. The van der Waals surface area contributed by atoms with Gasteiger partial charge in [0.1, 0.15) is 5.82 Å². The molecule has 0 aliphatic heterocycles. The summed E-state index contributed by atoms with van der Waals surface area (Å²) in [6, 6.07) is 3.61. The standard InChI is InChI=1S/C14H22FN/c1-9(5-6-16)12(4)13-7-10(2)11(3)8-14(13)15/h7-9,12H,5-6,16H2,1-4H3.